The van der Waals surface area contributed by atoms with E-state index in [0.29, 0.717) is 26.1 Å². The van der Waals surface area contributed by atoms with Crippen LogP contribution in [0.2, 0.25) is 5.02 Å². The molecular formula is C14H13BrClN3O3S. The van der Waals surface area contributed by atoms with E-state index in [4.69, 9.17) is 22.1 Å². The highest BCUT2D eigenvalue weighted by molar-refractivity contribution is 9.10. The van der Waals surface area contributed by atoms with Crippen LogP contribution in [0.3, 0.4) is 0 Å². The van der Waals surface area contributed by atoms with Gasteiger partial charge in [0.15, 0.2) is 11.2 Å². The summed E-state index contributed by atoms with van der Waals surface area (Å²) >= 11 is 10.4. The number of hydrogen-bond donors (Lipinski definition) is 2. The number of thiazole rings is 1. The maximum absolute atomic E-state index is 12.1. The predicted molar refractivity (Wildman–Crippen MR) is 92.9 cm³/mol. The molecule has 2 rings (SSSR count). The summed E-state index contributed by atoms with van der Waals surface area (Å²) in [6, 6.07) is 5.02. The van der Waals surface area contributed by atoms with Gasteiger partial charge in [-0.3, -0.25) is 14.9 Å². The predicted octanol–water partition coefficient (Wildman–Crippen LogP) is 2.99. The molecule has 2 amide bonds. The number of carbonyl (C=O) groups is 2. The van der Waals surface area contributed by atoms with E-state index in [2.05, 4.69) is 26.2 Å². The zero-order valence-corrected chi connectivity index (χ0v) is 15.2. The molecule has 6 nitrogen and oxygen atoms in total. The van der Waals surface area contributed by atoms with Crippen molar-refractivity contribution >= 4 is 55.8 Å². The molecule has 1 aromatic heterocycles. The van der Waals surface area contributed by atoms with Crippen molar-refractivity contribution in [1.29, 1.82) is 0 Å². The largest absolute Gasteiger partial charge is 0.480 e. The van der Waals surface area contributed by atoms with E-state index in [1.54, 1.807) is 30.5 Å². The van der Waals surface area contributed by atoms with Crippen LogP contribution in [0.25, 0.3) is 0 Å². The summed E-state index contributed by atoms with van der Waals surface area (Å²) in [6.07, 6.45) is -0.702. The number of hydrogen-bond acceptors (Lipinski definition) is 5. The molecule has 0 aliphatic rings. The Balaban J connectivity index is 1.97. The minimum Gasteiger partial charge on any atom is -0.480 e. The van der Waals surface area contributed by atoms with Crippen molar-refractivity contribution < 1.29 is 14.3 Å². The van der Waals surface area contributed by atoms with Gasteiger partial charge in [0.25, 0.3) is 5.91 Å². The van der Waals surface area contributed by atoms with Gasteiger partial charge >= 0.3 is 0 Å². The molecule has 1 unspecified atom stereocenters. The Bertz CT molecular complexity index is 738. The monoisotopic (exact) mass is 417 g/mol. The number of amides is 2. The zero-order chi connectivity index (χ0) is 17.0. The number of nitrogens with two attached hydrogens (primary N) is 1. The second-order valence-electron chi connectivity index (χ2n) is 4.61. The van der Waals surface area contributed by atoms with Gasteiger partial charge in [0.1, 0.15) is 5.75 Å². The molecule has 1 heterocycles. The van der Waals surface area contributed by atoms with Crippen LogP contribution in [0.1, 0.15) is 12.6 Å². The van der Waals surface area contributed by atoms with Gasteiger partial charge in [-0.1, -0.05) is 11.6 Å². The van der Waals surface area contributed by atoms with Gasteiger partial charge in [-0.2, -0.15) is 0 Å². The Hall–Kier alpha value is -1.64. The first-order valence-electron chi connectivity index (χ1n) is 6.50. The number of carbonyl (C=O) groups excluding carboxylic acids is 2. The number of anilines is 1. The van der Waals surface area contributed by atoms with Crippen LogP contribution in [0.4, 0.5) is 5.13 Å². The first kappa shape index (κ1) is 17.7. The molecule has 0 saturated carbocycles. The summed E-state index contributed by atoms with van der Waals surface area (Å²) in [4.78, 5) is 27.1. The van der Waals surface area contributed by atoms with Crippen LogP contribution in [0.5, 0.6) is 5.75 Å². The average molecular weight is 419 g/mol. The van der Waals surface area contributed by atoms with Crippen molar-refractivity contribution in [3.8, 4) is 5.75 Å². The summed E-state index contributed by atoms with van der Waals surface area (Å²) in [5, 5.41) is 5.25. The Morgan fingerprint density at radius 3 is 2.91 bits per heavy atom. The molecule has 0 radical (unpaired) electrons. The van der Waals surface area contributed by atoms with Crippen molar-refractivity contribution in [2.45, 2.75) is 19.4 Å². The van der Waals surface area contributed by atoms with E-state index in [9.17, 15) is 9.59 Å². The number of primary amides is 1. The lowest BCUT2D eigenvalue weighted by Gasteiger charge is -2.15. The van der Waals surface area contributed by atoms with E-state index in [1.165, 1.54) is 11.3 Å². The topological polar surface area (TPSA) is 94.3 Å². The lowest BCUT2D eigenvalue weighted by Crippen LogP contribution is -2.30. The van der Waals surface area contributed by atoms with Gasteiger partial charge in [-0.15, -0.1) is 11.3 Å². The van der Waals surface area contributed by atoms with E-state index in [1.807, 2.05) is 0 Å². The van der Waals surface area contributed by atoms with Gasteiger partial charge in [0.05, 0.1) is 16.6 Å². The molecule has 0 fully saturated rings. The smallest absolute Gasteiger partial charge is 0.266 e. The number of nitrogens with one attached hydrogen (secondary N) is 1. The molecule has 1 aromatic carbocycles. The lowest BCUT2D eigenvalue weighted by molar-refractivity contribution is -0.122. The third-order valence-electron chi connectivity index (χ3n) is 2.70. The van der Waals surface area contributed by atoms with Crippen LogP contribution in [-0.4, -0.2) is 22.9 Å². The summed E-state index contributed by atoms with van der Waals surface area (Å²) in [5.41, 5.74) is 5.62. The number of rotatable bonds is 6. The third kappa shape index (κ3) is 5.19. The Labute approximate surface area is 150 Å². The maximum atomic E-state index is 12.1. The number of ether oxygens (including phenoxy) is 1. The molecule has 1 atom stereocenters. The highest BCUT2D eigenvalue weighted by Gasteiger charge is 2.18. The number of halogens is 2. The maximum Gasteiger partial charge on any atom is 0.266 e. The highest BCUT2D eigenvalue weighted by atomic mass is 79.9. The molecule has 2 aromatic rings. The van der Waals surface area contributed by atoms with E-state index >= 15 is 0 Å². The van der Waals surface area contributed by atoms with Gasteiger partial charge in [0.2, 0.25) is 5.91 Å². The third-order valence-corrected chi connectivity index (χ3v) is 4.37. The first-order chi connectivity index (χ1) is 10.8. The summed E-state index contributed by atoms with van der Waals surface area (Å²) in [7, 11) is 0. The summed E-state index contributed by atoms with van der Waals surface area (Å²) in [6.45, 7) is 1.62. The number of nitrogens with zero attached hydrogens (tertiary/aromatic N) is 1. The molecule has 0 bridgehead atoms. The molecule has 3 N–H and O–H groups in total. The fourth-order valence-corrected chi connectivity index (χ4v) is 3.14. The molecule has 122 valence electrons. The van der Waals surface area contributed by atoms with Crippen molar-refractivity contribution in [2.75, 3.05) is 5.32 Å². The van der Waals surface area contributed by atoms with Gasteiger partial charge in [-0.25, -0.2) is 4.98 Å². The van der Waals surface area contributed by atoms with Gasteiger partial charge in [-0.05, 0) is 41.1 Å². The van der Waals surface area contributed by atoms with E-state index < -0.39 is 12.0 Å². The summed E-state index contributed by atoms with van der Waals surface area (Å²) < 4.78 is 6.25. The summed E-state index contributed by atoms with van der Waals surface area (Å²) in [5.74, 6) is -0.324. The quantitative estimate of drug-likeness (QED) is 0.754. The highest BCUT2D eigenvalue weighted by Crippen LogP contribution is 2.29. The SMILES string of the molecule is CC(Oc1ccc(Cl)cc1Br)C(=O)Nc1nc(CC(N)=O)cs1. The van der Waals surface area contributed by atoms with Crippen LogP contribution >= 0.6 is 38.9 Å². The Kier molecular flexibility index (Phi) is 5.97. The normalized spacial score (nSPS) is 11.8. The van der Waals surface area contributed by atoms with Gasteiger partial charge < -0.3 is 10.5 Å². The van der Waals surface area contributed by atoms with Crippen LogP contribution in [0.15, 0.2) is 28.1 Å². The van der Waals surface area contributed by atoms with Crippen LogP contribution in [-0.2, 0) is 16.0 Å². The number of aromatic nitrogens is 1. The average Bonchev–Trinajstić information content (AvgIpc) is 2.88. The first-order valence-corrected chi connectivity index (χ1v) is 8.55. The number of benzene rings is 1. The Morgan fingerprint density at radius 2 is 2.26 bits per heavy atom. The standard InChI is InChI=1S/C14H13BrClN3O3S/c1-7(22-11-3-2-8(16)4-10(11)15)13(21)19-14-18-9(6-23-14)5-12(17)20/h2-4,6-7H,5H2,1H3,(H2,17,20)(H,18,19,21). The molecule has 23 heavy (non-hydrogen) atoms. The second-order valence-corrected chi connectivity index (χ2v) is 6.76. The molecular weight excluding hydrogens is 406 g/mol. The second kappa shape index (κ2) is 7.76. The minimum absolute atomic E-state index is 0.0378. The van der Waals surface area contributed by atoms with Crippen LogP contribution < -0.4 is 15.8 Å². The van der Waals surface area contributed by atoms with Crippen molar-refractivity contribution in [1.82, 2.24) is 4.98 Å². The molecule has 0 spiro atoms. The van der Waals surface area contributed by atoms with Crippen molar-refractivity contribution in [3.05, 3.63) is 38.8 Å². The van der Waals surface area contributed by atoms with Crippen molar-refractivity contribution in [3.63, 3.8) is 0 Å². The molecule has 0 aliphatic heterocycles. The lowest BCUT2D eigenvalue weighted by atomic mass is 10.3. The zero-order valence-electron chi connectivity index (χ0n) is 12.0. The Morgan fingerprint density at radius 1 is 1.52 bits per heavy atom. The molecule has 0 saturated heterocycles. The van der Waals surface area contributed by atoms with E-state index in [-0.39, 0.29) is 12.3 Å². The molecule has 9 heteroatoms. The van der Waals surface area contributed by atoms with E-state index in [0.717, 1.165) is 0 Å². The van der Waals surface area contributed by atoms with Crippen LogP contribution in [0, 0.1) is 0 Å². The molecule has 0 aliphatic carbocycles. The fourth-order valence-electron chi connectivity index (χ4n) is 1.65. The fraction of sp³-hybridized carbons (Fsp3) is 0.214. The van der Waals surface area contributed by atoms with Crippen molar-refractivity contribution in [2.24, 2.45) is 5.73 Å². The minimum atomic E-state index is -0.740. The van der Waals surface area contributed by atoms with Gasteiger partial charge in [0, 0.05) is 10.4 Å².